The SMILES string of the molecule is Cl.N#Cc1c(-c2ccc(NC(=O)CCN3CCCCC3)cc2)cc(-c2ccccc2O)nc1N. The Morgan fingerprint density at radius 1 is 1.09 bits per heavy atom. The topological polar surface area (TPSA) is 115 Å². The van der Waals surface area contributed by atoms with Crippen LogP contribution in [0.4, 0.5) is 11.5 Å². The van der Waals surface area contributed by atoms with Crippen LogP contribution in [0.25, 0.3) is 22.4 Å². The Morgan fingerprint density at radius 2 is 1.79 bits per heavy atom. The van der Waals surface area contributed by atoms with Gasteiger partial charge in [-0.2, -0.15) is 5.26 Å². The zero-order valence-electron chi connectivity index (χ0n) is 18.8. The summed E-state index contributed by atoms with van der Waals surface area (Å²) in [5.74, 6) is 0.173. The summed E-state index contributed by atoms with van der Waals surface area (Å²) in [5, 5.41) is 22.8. The third-order valence-corrected chi connectivity index (χ3v) is 5.92. The highest BCUT2D eigenvalue weighted by Crippen LogP contribution is 2.34. The molecule has 0 spiro atoms. The molecular formula is C26H28ClN5O2. The van der Waals surface area contributed by atoms with Crippen LogP contribution in [0, 0.1) is 11.3 Å². The highest BCUT2D eigenvalue weighted by atomic mass is 35.5. The number of aromatic hydroxyl groups is 1. The molecule has 1 amide bonds. The van der Waals surface area contributed by atoms with E-state index in [9.17, 15) is 15.2 Å². The van der Waals surface area contributed by atoms with E-state index in [1.54, 1.807) is 30.3 Å². The molecule has 0 aliphatic carbocycles. The molecule has 176 valence electrons. The first-order chi connectivity index (χ1) is 16.0. The van der Waals surface area contributed by atoms with Gasteiger partial charge in [0.2, 0.25) is 5.91 Å². The maximum absolute atomic E-state index is 12.4. The van der Waals surface area contributed by atoms with Crippen LogP contribution in [-0.4, -0.2) is 40.5 Å². The van der Waals surface area contributed by atoms with Crippen LogP contribution in [0.5, 0.6) is 5.75 Å². The summed E-state index contributed by atoms with van der Waals surface area (Å²) < 4.78 is 0. The van der Waals surface area contributed by atoms with E-state index in [1.165, 1.54) is 19.3 Å². The first kappa shape index (κ1) is 25.0. The number of amides is 1. The molecule has 2 heterocycles. The number of phenols is 1. The average Bonchev–Trinajstić information content (AvgIpc) is 2.84. The second kappa shape index (κ2) is 11.5. The van der Waals surface area contributed by atoms with Gasteiger partial charge in [0.15, 0.2) is 0 Å². The van der Waals surface area contributed by atoms with Crippen LogP contribution in [0.3, 0.4) is 0 Å². The third-order valence-electron chi connectivity index (χ3n) is 5.92. The summed E-state index contributed by atoms with van der Waals surface area (Å²) in [4.78, 5) is 19.0. The number of carbonyl (C=O) groups is 1. The number of benzene rings is 2. The van der Waals surface area contributed by atoms with Gasteiger partial charge < -0.3 is 21.1 Å². The number of pyridine rings is 1. The van der Waals surface area contributed by atoms with Gasteiger partial charge in [0, 0.05) is 29.8 Å². The molecule has 34 heavy (non-hydrogen) atoms. The Morgan fingerprint density at radius 3 is 2.47 bits per heavy atom. The number of nitrogens with one attached hydrogen (secondary N) is 1. The van der Waals surface area contributed by atoms with Gasteiger partial charge in [-0.25, -0.2) is 4.98 Å². The summed E-state index contributed by atoms with van der Waals surface area (Å²) in [6.45, 7) is 2.92. The number of phenolic OH excluding ortho intramolecular Hbond substituents is 1. The fraction of sp³-hybridized carbons (Fsp3) is 0.269. The number of nitriles is 1. The Hall–Kier alpha value is -3.60. The molecule has 2 aromatic carbocycles. The Kier molecular flexibility index (Phi) is 8.47. The number of anilines is 2. The van der Waals surface area contributed by atoms with Crippen LogP contribution in [0.1, 0.15) is 31.2 Å². The Bertz CT molecular complexity index is 1180. The number of nitrogens with two attached hydrogens (primary N) is 1. The minimum Gasteiger partial charge on any atom is -0.507 e. The lowest BCUT2D eigenvalue weighted by Crippen LogP contribution is -2.32. The van der Waals surface area contributed by atoms with Crippen molar-refractivity contribution in [3.63, 3.8) is 0 Å². The van der Waals surface area contributed by atoms with Gasteiger partial charge in [-0.3, -0.25) is 4.79 Å². The normalized spacial score (nSPS) is 13.5. The largest absolute Gasteiger partial charge is 0.507 e. The number of hydrogen-bond acceptors (Lipinski definition) is 6. The number of halogens is 1. The first-order valence-electron chi connectivity index (χ1n) is 11.2. The number of aromatic nitrogens is 1. The van der Waals surface area contributed by atoms with E-state index in [0.29, 0.717) is 28.9 Å². The molecule has 1 aliphatic rings. The zero-order chi connectivity index (χ0) is 23.2. The van der Waals surface area contributed by atoms with E-state index in [2.05, 4.69) is 21.3 Å². The molecule has 7 nitrogen and oxygen atoms in total. The standard InChI is InChI=1S/C26H27N5O2.ClH/c27-17-22-21(16-23(30-26(22)28)20-6-2-3-7-24(20)32)18-8-10-19(11-9-18)29-25(33)12-15-31-13-4-1-5-14-31;/h2-3,6-11,16,32H,1,4-5,12-15H2,(H2,28,30)(H,29,33);1H. The second-order valence-corrected chi connectivity index (χ2v) is 8.22. The first-order valence-corrected chi connectivity index (χ1v) is 11.2. The van der Waals surface area contributed by atoms with E-state index in [4.69, 9.17) is 5.73 Å². The predicted molar refractivity (Wildman–Crippen MR) is 137 cm³/mol. The van der Waals surface area contributed by atoms with Crippen molar-refractivity contribution in [1.82, 2.24) is 9.88 Å². The van der Waals surface area contributed by atoms with Gasteiger partial charge in [0.05, 0.1) is 5.69 Å². The number of nitrogen functional groups attached to an aromatic ring is 1. The summed E-state index contributed by atoms with van der Waals surface area (Å²) in [6, 6.07) is 18.0. The van der Waals surface area contributed by atoms with E-state index >= 15 is 0 Å². The van der Waals surface area contributed by atoms with Crippen molar-refractivity contribution in [2.75, 3.05) is 30.7 Å². The Balaban J connectivity index is 0.00000324. The van der Waals surface area contributed by atoms with E-state index in [0.717, 1.165) is 25.2 Å². The fourth-order valence-corrected chi connectivity index (χ4v) is 4.14. The number of para-hydroxylation sites is 1. The van der Waals surface area contributed by atoms with Crippen LogP contribution in [0.2, 0.25) is 0 Å². The van der Waals surface area contributed by atoms with Crippen molar-refractivity contribution in [3.05, 3.63) is 60.2 Å². The van der Waals surface area contributed by atoms with Crippen molar-refractivity contribution in [2.45, 2.75) is 25.7 Å². The molecule has 1 saturated heterocycles. The van der Waals surface area contributed by atoms with Crippen molar-refractivity contribution in [3.8, 4) is 34.2 Å². The smallest absolute Gasteiger partial charge is 0.225 e. The average molecular weight is 478 g/mol. The molecule has 0 bridgehead atoms. The molecule has 4 N–H and O–H groups in total. The summed E-state index contributed by atoms with van der Waals surface area (Å²) in [5.41, 5.74) is 9.44. The maximum atomic E-state index is 12.4. The van der Waals surface area contributed by atoms with Crippen molar-refractivity contribution >= 4 is 29.8 Å². The monoisotopic (exact) mass is 477 g/mol. The lowest BCUT2D eigenvalue weighted by atomic mass is 9.98. The number of nitrogens with zero attached hydrogens (tertiary/aromatic N) is 3. The molecule has 1 aromatic heterocycles. The lowest BCUT2D eigenvalue weighted by molar-refractivity contribution is -0.116. The second-order valence-electron chi connectivity index (χ2n) is 8.22. The highest BCUT2D eigenvalue weighted by molar-refractivity contribution is 5.91. The van der Waals surface area contributed by atoms with Crippen LogP contribution < -0.4 is 11.1 Å². The molecule has 0 saturated carbocycles. The number of rotatable bonds is 6. The molecule has 0 radical (unpaired) electrons. The minimum atomic E-state index is -0.0129. The molecule has 1 aliphatic heterocycles. The molecule has 0 unspecified atom stereocenters. The quantitative estimate of drug-likeness (QED) is 0.469. The third kappa shape index (κ3) is 5.84. The molecule has 4 rings (SSSR count). The molecular weight excluding hydrogens is 450 g/mol. The van der Waals surface area contributed by atoms with Crippen LogP contribution in [0.15, 0.2) is 54.6 Å². The molecule has 0 atom stereocenters. The predicted octanol–water partition coefficient (Wildman–Crippen LogP) is 4.81. The lowest BCUT2D eigenvalue weighted by Gasteiger charge is -2.25. The van der Waals surface area contributed by atoms with Crippen molar-refractivity contribution < 1.29 is 9.90 Å². The molecule has 3 aromatic rings. The minimum absolute atomic E-state index is 0. The number of piperidine rings is 1. The van der Waals surface area contributed by atoms with Gasteiger partial charge in [-0.05, 0) is 61.8 Å². The zero-order valence-corrected chi connectivity index (χ0v) is 19.6. The van der Waals surface area contributed by atoms with Crippen molar-refractivity contribution in [1.29, 1.82) is 5.26 Å². The van der Waals surface area contributed by atoms with E-state index in [-0.39, 0.29) is 35.4 Å². The fourth-order valence-electron chi connectivity index (χ4n) is 4.14. The number of carbonyl (C=O) groups excluding carboxylic acids is 1. The van der Waals surface area contributed by atoms with Gasteiger partial charge >= 0.3 is 0 Å². The van der Waals surface area contributed by atoms with Crippen molar-refractivity contribution in [2.24, 2.45) is 0 Å². The number of hydrogen-bond donors (Lipinski definition) is 3. The van der Waals surface area contributed by atoms with Crippen LogP contribution >= 0.6 is 12.4 Å². The molecule has 1 fully saturated rings. The highest BCUT2D eigenvalue weighted by Gasteiger charge is 2.16. The summed E-state index contributed by atoms with van der Waals surface area (Å²) in [7, 11) is 0. The van der Waals surface area contributed by atoms with Gasteiger partial charge in [0.25, 0.3) is 0 Å². The number of likely N-dealkylation sites (tertiary alicyclic amines) is 1. The maximum Gasteiger partial charge on any atom is 0.225 e. The summed E-state index contributed by atoms with van der Waals surface area (Å²) in [6.07, 6.45) is 4.16. The van der Waals surface area contributed by atoms with Gasteiger partial charge in [-0.15, -0.1) is 12.4 Å². The van der Waals surface area contributed by atoms with E-state index < -0.39 is 0 Å². The van der Waals surface area contributed by atoms with Crippen LogP contribution in [-0.2, 0) is 4.79 Å². The van der Waals surface area contributed by atoms with Gasteiger partial charge in [0.1, 0.15) is 23.2 Å². The summed E-state index contributed by atoms with van der Waals surface area (Å²) >= 11 is 0. The van der Waals surface area contributed by atoms with E-state index in [1.807, 2.05) is 24.3 Å². The molecule has 8 heteroatoms. The Labute approximate surface area is 205 Å². The van der Waals surface area contributed by atoms with Gasteiger partial charge in [-0.1, -0.05) is 30.7 Å².